The van der Waals surface area contributed by atoms with Crippen LogP contribution in [0.2, 0.25) is 0 Å². The fraction of sp³-hybridized carbons (Fsp3) is 0.667. The summed E-state index contributed by atoms with van der Waals surface area (Å²) in [6, 6.07) is 0.0456. The van der Waals surface area contributed by atoms with Crippen molar-refractivity contribution in [2.75, 3.05) is 0 Å². The first-order chi connectivity index (χ1) is 6.20. The molecule has 0 aliphatic heterocycles. The average Bonchev–Trinajstić information content (AvgIpc) is 2.62. The summed E-state index contributed by atoms with van der Waals surface area (Å²) in [5.41, 5.74) is 5.74. The number of nitrogens with two attached hydrogens (primary N) is 1. The van der Waals surface area contributed by atoms with Gasteiger partial charge in [-0.1, -0.05) is 0 Å². The highest BCUT2D eigenvalue weighted by Crippen LogP contribution is 2.29. The van der Waals surface area contributed by atoms with Gasteiger partial charge in [0.15, 0.2) is 0 Å². The first kappa shape index (κ1) is 8.72. The first-order valence-electron chi connectivity index (χ1n) is 4.63. The van der Waals surface area contributed by atoms with E-state index < -0.39 is 6.10 Å². The fourth-order valence-electron chi connectivity index (χ4n) is 2.03. The topological polar surface area (TPSA) is 64.1 Å². The number of rotatable bonds is 1. The molecule has 1 aliphatic rings. The minimum absolute atomic E-state index is 0.0770. The van der Waals surface area contributed by atoms with Crippen LogP contribution in [0.25, 0.3) is 0 Å². The van der Waals surface area contributed by atoms with Gasteiger partial charge in [-0.25, -0.2) is 4.98 Å². The Bertz CT molecular complexity index is 297. The van der Waals surface area contributed by atoms with Crippen molar-refractivity contribution in [1.29, 1.82) is 0 Å². The second-order valence-electron chi connectivity index (χ2n) is 3.68. The lowest BCUT2D eigenvalue weighted by Crippen LogP contribution is -2.33. The van der Waals surface area contributed by atoms with Crippen LogP contribution in [0.5, 0.6) is 0 Å². The number of nitrogens with zero attached hydrogens (tertiary/aromatic N) is 2. The van der Waals surface area contributed by atoms with Crippen LogP contribution in [0.1, 0.15) is 24.7 Å². The molecule has 13 heavy (non-hydrogen) atoms. The van der Waals surface area contributed by atoms with Gasteiger partial charge < -0.3 is 15.4 Å². The Morgan fingerprint density at radius 1 is 1.62 bits per heavy atom. The number of hydrogen-bond acceptors (Lipinski definition) is 3. The Kier molecular flexibility index (Phi) is 2.09. The van der Waals surface area contributed by atoms with Crippen LogP contribution in [-0.4, -0.2) is 26.8 Å². The van der Waals surface area contributed by atoms with Crippen LogP contribution < -0.4 is 5.73 Å². The Labute approximate surface area is 77.4 Å². The lowest BCUT2D eigenvalue weighted by atomic mass is 10.2. The van der Waals surface area contributed by atoms with Crippen LogP contribution in [0, 0.1) is 6.92 Å². The van der Waals surface area contributed by atoms with Crippen LogP contribution >= 0.6 is 0 Å². The zero-order valence-corrected chi connectivity index (χ0v) is 7.72. The predicted octanol–water partition coefficient (Wildman–Crippen LogP) is 0.215. The highest BCUT2D eigenvalue weighted by atomic mass is 16.3. The highest BCUT2D eigenvalue weighted by Gasteiger charge is 2.33. The van der Waals surface area contributed by atoms with Gasteiger partial charge in [0, 0.05) is 18.4 Å². The fourth-order valence-corrected chi connectivity index (χ4v) is 2.03. The van der Waals surface area contributed by atoms with Gasteiger partial charge in [0.1, 0.15) is 5.82 Å². The van der Waals surface area contributed by atoms with E-state index >= 15 is 0 Å². The number of aliphatic hydroxyl groups excluding tert-OH is 1. The van der Waals surface area contributed by atoms with Gasteiger partial charge in [0.05, 0.1) is 12.1 Å². The lowest BCUT2D eigenvalue weighted by molar-refractivity contribution is 0.121. The molecule has 0 bridgehead atoms. The van der Waals surface area contributed by atoms with E-state index in [0.29, 0.717) is 0 Å². The first-order valence-corrected chi connectivity index (χ1v) is 4.63. The molecule has 0 saturated heterocycles. The van der Waals surface area contributed by atoms with Crippen molar-refractivity contribution < 1.29 is 5.11 Å². The zero-order chi connectivity index (χ0) is 9.42. The van der Waals surface area contributed by atoms with Crippen molar-refractivity contribution in [3.63, 3.8) is 0 Å². The Morgan fingerprint density at radius 3 is 2.85 bits per heavy atom. The summed E-state index contributed by atoms with van der Waals surface area (Å²) in [5.74, 6) is 0.943. The molecule has 0 amide bonds. The molecule has 1 fully saturated rings. The number of aromatic nitrogens is 2. The predicted molar refractivity (Wildman–Crippen MR) is 49.2 cm³/mol. The van der Waals surface area contributed by atoms with E-state index in [9.17, 15) is 5.11 Å². The van der Waals surface area contributed by atoms with Crippen molar-refractivity contribution in [1.82, 2.24) is 9.55 Å². The van der Waals surface area contributed by atoms with Gasteiger partial charge in [-0.2, -0.15) is 0 Å². The molecule has 1 saturated carbocycles. The second-order valence-corrected chi connectivity index (χ2v) is 3.68. The van der Waals surface area contributed by atoms with Gasteiger partial charge >= 0.3 is 0 Å². The number of aliphatic hydroxyl groups is 1. The number of aryl methyl sites for hydroxylation is 1. The van der Waals surface area contributed by atoms with Gasteiger partial charge in [0.2, 0.25) is 0 Å². The second kappa shape index (κ2) is 3.12. The molecule has 1 aliphatic carbocycles. The van der Waals surface area contributed by atoms with E-state index in [2.05, 4.69) is 4.98 Å². The molecule has 72 valence electrons. The summed E-state index contributed by atoms with van der Waals surface area (Å²) in [6.45, 7) is 1.94. The third-order valence-electron chi connectivity index (χ3n) is 2.85. The molecule has 2 rings (SSSR count). The van der Waals surface area contributed by atoms with E-state index in [-0.39, 0.29) is 12.1 Å². The van der Waals surface area contributed by atoms with Gasteiger partial charge in [-0.05, 0) is 19.8 Å². The minimum atomic E-state index is -0.423. The van der Waals surface area contributed by atoms with Crippen LogP contribution in [-0.2, 0) is 0 Å². The Morgan fingerprint density at radius 2 is 2.38 bits per heavy atom. The number of hydrogen-bond donors (Lipinski definition) is 2. The molecule has 4 nitrogen and oxygen atoms in total. The van der Waals surface area contributed by atoms with Crippen molar-refractivity contribution in [3.8, 4) is 0 Å². The number of imidazole rings is 1. The lowest BCUT2D eigenvalue weighted by Gasteiger charge is -2.19. The molecule has 3 atom stereocenters. The highest BCUT2D eigenvalue weighted by molar-refractivity contribution is 4.99. The molecular formula is C9H15N3O. The van der Waals surface area contributed by atoms with Gasteiger partial charge in [-0.15, -0.1) is 0 Å². The summed E-state index contributed by atoms with van der Waals surface area (Å²) in [7, 11) is 0. The third-order valence-corrected chi connectivity index (χ3v) is 2.85. The summed E-state index contributed by atoms with van der Waals surface area (Å²) < 4.78 is 2.01. The zero-order valence-electron chi connectivity index (χ0n) is 7.72. The average molecular weight is 181 g/mol. The molecule has 4 heteroatoms. The van der Waals surface area contributed by atoms with Crippen LogP contribution in [0.3, 0.4) is 0 Å². The molecule has 0 spiro atoms. The smallest absolute Gasteiger partial charge is 0.105 e. The summed E-state index contributed by atoms with van der Waals surface area (Å²) in [4.78, 5) is 4.13. The quantitative estimate of drug-likeness (QED) is 0.651. The van der Waals surface area contributed by atoms with E-state index in [4.69, 9.17) is 5.73 Å². The van der Waals surface area contributed by atoms with E-state index in [1.54, 1.807) is 6.20 Å². The summed E-state index contributed by atoms with van der Waals surface area (Å²) in [6.07, 6.45) is 5.07. The van der Waals surface area contributed by atoms with Crippen molar-refractivity contribution in [3.05, 3.63) is 18.2 Å². The standard InChI is InChI=1S/C9H15N3O/c1-6-11-4-5-12(6)8-3-2-7(10)9(8)13/h4-5,7-9,13H,2-3,10H2,1H3/t7-,8-,9-/m1/s1. The van der Waals surface area contributed by atoms with Gasteiger partial charge in [0.25, 0.3) is 0 Å². The SMILES string of the molecule is Cc1nccn1[C@@H]1CC[C@@H](N)[C@H]1O. The van der Waals surface area contributed by atoms with Crippen LogP contribution in [0.15, 0.2) is 12.4 Å². The van der Waals surface area contributed by atoms with E-state index in [1.165, 1.54) is 0 Å². The molecule has 1 heterocycles. The van der Waals surface area contributed by atoms with Crippen molar-refractivity contribution in [2.24, 2.45) is 5.73 Å². The molecule has 0 unspecified atom stereocenters. The Hall–Kier alpha value is -0.870. The summed E-state index contributed by atoms with van der Waals surface area (Å²) in [5, 5.41) is 9.78. The summed E-state index contributed by atoms with van der Waals surface area (Å²) >= 11 is 0. The maximum atomic E-state index is 9.78. The maximum Gasteiger partial charge on any atom is 0.105 e. The molecule has 3 N–H and O–H groups in total. The third kappa shape index (κ3) is 1.36. The van der Waals surface area contributed by atoms with Gasteiger partial charge in [-0.3, -0.25) is 0 Å². The molecular weight excluding hydrogens is 166 g/mol. The Balaban J connectivity index is 2.23. The van der Waals surface area contributed by atoms with Crippen LogP contribution in [0.4, 0.5) is 0 Å². The minimum Gasteiger partial charge on any atom is -0.389 e. The molecule has 0 aromatic carbocycles. The van der Waals surface area contributed by atoms with E-state index in [1.807, 2.05) is 17.7 Å². The molecule has 1 aromatic heterocycles. The normalized spacial score (nSPS) is 33.9. The van der Waals surface area contributed by atoms with Crippen molar-refractivity contribution in [2.45, 2.75) is 38.0 Å². The van der Waals surface area contributed by atoms with E-state index in [0.717, 1.165) is 18.7 Å². The van der Waals surface area contributed by atoms with Crippen molar-refractivity contribution >= 4 is 0 Å². The monoisotopic (exact) mass is 181 g/mol. The maximum absolute atomic E-state index is 9.78. The molecule has 1 aromatic rings. The molecule has 0 radical (unpaired) electrons. The largest absolute Gasteiger partial charge is 0.389 e.